The number of rotatable bonds is 3. The first kappa shape index (κ1) is 15.4. The van der Waals surface area contributed by atoms with Gasteiger partial charge in [-0.1, -0.05) is 44.2 Å². The largest absolute Gasteiger partial charge is 0.373 e. The Morgan fingerprint density at radius 1 is 1.17 bits per heavy atom. The second-order valence-corrected chi connectivity index (χ2v) is 8.66. The van der Waals surface area contributed by atoms with Crippen LogP contribution in [0.15, 0.2) is 30.3 Å². The van der Waals surface area contributed by atoms with E-state index < -0.39 is 0 Å². The highest BCUT2D eigenvalue weighted by molar-refractivity contribution is 5.84. The average molecular weight is 312 g/mol. The Balaban J connectivity index is 1.59. The van der Waals surface area contributed by atoms with Gasteiger partial charge in [0.05, 0.1) is 12.7 Å². The molecule has 0 radical (unpaired) electrons. The van der Waals surface area contributed by atoms with Crippen LogP contribution in [0.4, 0.5) is 0 Å². The maximum atomic E-state index is 12.8. The zero-order valence-corrected chi connectivity index (χ0v) is 14.4. The van der Waals surface area contributed by atoms with Crippen LogP contribution < -0.4 is 0 Å². The molecule has 3 aliphatic rings. The van der Waals surface area contributed by atoms with Crippen molar-refractivity contribution < 1.29 is 9.53 Å². The molecule has 2 bridgehead atoms. The van der Waals surface area contributed by atoms with E-state index in [0.29, 0.717) is 23.7 Å². The fourth-order valence-electron chi connectivity index (χ4n) is 6.28. The Kier molecular flexibility index (Phi) is 3.64. The van der Waals surface area contributed by atoms with Gasteiger partial charge in [0, 0.05) is 17.8 Å². The van der Waals surface area contributed by atoms with Crippen LogP contribution in [0.3, 0.4) is 0 Å². The van der Waals surface area contributed by atoms with Crippen LogP contribution in [0.2, 0.25) is 0 Å². The molecule has 0 amide bonds. The number of hydrogen-bond donors (Lipinski definition) is 0. The Labute approximate surface area is 139 Å². The van der Waals surface area contributed by atoms with Crippen LogP contribution in [0, 0.1) is 22.7 Å². The summed E-state index contributed by atoms with van der Waals surface area (Å²) in [4.78, 5) is 12.8. The maximum Gasteiger partial charge on any atom is 0.137 e. The predicted molar refractivity (Wildman–Crippen MR) is 90.9 cm³/mol. The van der Waals surface area contributed by atoms with Crippen molar-refractivity contribution in [1.29, 1.82) is 0 Å². The third-order valence-electron chi connectivity index (χ3n) is 6.89. The molecule has 3 saturated carbocycles. The summed E-state index contributed by atoms with van der Waals surface area (Å²) in [6, 6.07) is 10.4. The van der Waals surface area contributed by atoms with E-state index in [9.17, 15) is 4.79 Å². The van der Waals surface area contributed by atoms with Gasteiger partial charge in [-0.25, -0.2) is 0 Å². The Morgan fingerprint density at radius 3 is 2.74 bits per heavy atom. The zero-order chi connectivity index (χ0) is 16.1. The molecular weight excluding hydrogens is 284 g/mol. The molecule has 0 saturated heterocycles. The summed E-state index contributed by atoms with van der Waals surface area (Å²) >= 11 is 0. The van der Waals surface area contributed by atoms with Crippen molar-refractivity contribution in [1.82, 2.24) is 0 Å². The van der Waals surface area contributed by atoms with Crippen LogP contribution in [0.1, 0.15) is 57.9 Å². The summed E-state index contributed by atoms with van der Waals surface area (Å²) in [6.45, 7) is 5.25. The molecule has 3 aliphatic carbocycles. The summed E-state index contributed by atoms with van der Waals surface area (Å²) in [5.41, 5.74) is 1.50. The van der Waals surface area contributed by atoms with E-state index in [-0.39, 0.29) is 17.4 Å². The lowest BCUT2D eigenvalue weighted by molar-refractivity contribution is -0.169. The number of benzene rings is 1. The van der Waals surface area contributed by atoms with Gasteiger partial charge in [0.1, 0.15) is 5.78 Å². The van der Waals surface area contributed by atoms with E-state index in [1.165, 1.54) is 31.2 Å². The molecule has 1 spiro atoms. The maximum absolute atomic E-state index is 12.8. The second-order valence-electron chi connectivity index (χ2n) is 8.66. The molecule has 0 aromatic heterocycles. The van der Waals surface area contributed by atoms with Crippen LogP contribution in [0.25, 0.3) is 0 Å². The number of carbonyl (C=O) groups is 1. The summed E-state index contributed by atoms with van der Waals surface area (Å²) in [5.74, 6) is 1.36. The van der Waals surface area contributed by atoms with E-state index in [1.807, 2.05) is 6.07 Å². The van der Waals surface area contributed by atoms with Gasteiger partial charge >= 0.3 is 0 Å². The van der Waals surface area contributed by atoms with Gasteiger partial charge in [-0.15, -0.1) is 0 Å². The molecule has 1 aromatic carbocycles. The number of hydrogen-bond acceptors (Lipinski definition) is 2. The Morgan fingerprint density at radius 2 is 1.96 bits per heavy atom. The van der Waals surface area contributed by atoms with E-state index in [1.54, 1.807) is 0 Å². The lowest BCUT2D eigenvalue weighted by Crippen LogP contribution is -2.56. The van der Waals surface area contributed by atoms with Gasteiger partial charge in [0.15, 0.2) is 0 Å². The summed E-state index contributed by atoms with van der Waals surface area (Å²) in [5, 5.41) is 0. The van der Waals surface area contributed by atoms with Gasteiger partial charge in [-0.3, -0.25) is 4.79 Å². The lowest BCUT2D eigenvalue weighted by Gasteiger charge is -2.55. The predicted octanol–water partition coefficient (Wildman–Crippen LogP) is 4.77. The topological polar surface area (TPSA) is 26.3 Å². The quantitative estimate of drug-likeness (QED) is 0.804. The van der Waals surface area contributed by atoms with Crippen molar-refractivity contribution in [2.24, 2.45) is 22.7 Å². The zero-order valence-electron chi connectivity index (χ0n) is 14.4. The van der Waals surface area contributed by atoms with E-state index in [4.69, 9.17) is 4.74 Å². The number of ketones is 1. The summed E-state index contributed by atoms with van der Waals surface area (Å²) in [6.07, 6.45) is 7.06. The standard InChI is InChI=1S/C21H28O2/c1-20(2)18-17(22)9-6-11-21(18)12-10-16(13-21)19(20)23-14-15-7-4-3-5-8-15/h3-5,7-8,16,18-19H,6,9-14H2,1-2H3/t16-,18-,19-,21+/m0/s1. The fraction of sp³-hybridized carbons (Fsp3) is 0.667. The summed E-state index contributed by atoms with van der Waals surface area (Å²) in [7, 11) is 0. The van der Waals surface area contributed by atoms with E-state index >= 15 is 0 Å². The molecular formula is C21H28O2. The average Bonchev–Trinajstić information content (AvgIpc) is 2.87. The molecule has 2 nitrogen and oxygen atoms in total. The first-order chi connectivity index (χ1) is 11.0. The van der Waals surface area contributed by atoms with Crippen LogP contribution >= 0.6 is 0 Å². The fourth-order valence-corrected chi connectivity index (χ4v) is 6.28. The van der Waals surface area contributed by atoms with Crippen LogP contribution in [-0.4, -0.2) is 11.9 Å². The third kappa shape index (κ3) is 2.38. The van der Waals surface area contributed by atoms with Gasteiger partial charge in [0.2, 0.25) is 0 Å². The summed E-state index contributed by atoms with van der Waals surface area (Å²) < 4.78 is 6.46. The molecule has 0 N–H and O–H groups in total. The molecule has 0 unspecified atom stereocenters. The number of fused-ring (bicyclic) bond motifs is 1. The molecule has 3 fully saturated rings. The minimum atomic E-state index is -0.0360. The van der Waals surface area contributed by atoms with Crippen molar-refractivity contribution in [2.45, 2.75) is 65.1 Å². The first-order valence-electron chi connectivity index (χ1n) is 9.21. The van der Waals surface area contributed by atoms with Crippen molar-refractivity contribution >= 4 is 5.78 Å². The van der Waals surface area contributed by atoms with Crippen molar-refractivity contribution in [3.8, 4) is 0 Å². The van der Waals surface area contributed by atoms with E-state index in [2.05, 4.69) is 38.1 Å². The highest BCUT2D eigenvalue weighted by Gasteiger charge is 2.63. The molecule has 124 valence electrons. The Hall–Kier alpha value is -1.15. The highest BCUT2D eigenvalue weighted by atomic mass is 16.5. The third-order valence-corrected chi connectivity index (χ3v) is 6.89. The first-order valence-corrected chi connectivity index (χ1v) is 9.21. The lowest BCUT2D eigenvalue weighted by atomic mass is 9.50. The normalized spacial score (nSPS) is 38.3. The van der Waals surface area contributed by atoms with Crippen molar-refractivity contribution in [3.05, 3.63) is 35.9 Å². The van der Waals surface area contributed by atoms with Gasteiger partial charge in [0.25, 0.3) is 0 Å². The smallest absolute Gasteiger partial charge is 0.137 e. The van der Waals surface area contributed by atoms with Crippen molar-refractivity contribution in [3.63, 3.8) is 0 Å². The molecule has 1 aromatic rings. The number of ether oxygens (including phenoxy) is 1. The molecule has 2 heteroatoms. The van der Waals surface area contributed by atoms with Gasteiger partial charge < -0.3 is 4.74 Å². The molecule has 0 heterocycles. The van der Waals surface area contributed by atoms with Crippen molar-refractivity contribution in [2.75, 3.05) is 0 Å². The highest BCUT2D eigenvalue weighted by Crippen LogP contribution is 2.65. The van der Waals surface area contributed by atoms with Crippen LogP contribution in [0.5, 0.6) is 0 Å². The Bertz CT molecular complexity index is 591. The van der Waals surface area contributed by atoms with E-state index in [0.717, 1.165) is 12.8 Å². The minimum Gasteiger partial charge on any atom is -0.373 e. The monoisotopic (exact) mass is 312 g/mol. The SMILES string of the molecule is CC1(C)[C@@H](OCc2ccccc2)[C@H]2CC[C@]3(CCCC(=O)[C@@H]13)C2. The molecule has 23 heavy (non-hydrogen) atoms. The molecule has 0 aliphatic heterocycles. The van der Waals surface area contributed by atoms with Gasteiger partial charge in [-0.2, -0.15) is 0 Å². The molecule has 4 atom stereocenters. The number of carbonyl (C=O) groups excluding carboxylic acids is 1. The second kappa shape index (κ2) is 5.44. The van der Waals surface area contributed by atoms with Crippen LogP contribution in [-0.2, 0) is 16.1 Å². The minimum absolute atomic E-state index is 0.0360. The number of Topliss-reactive ketones (excluding diaryl/α,β-unsaturated/α-hetero) is 1. The van der Waals surface area contributed by atoms with Gasteiger partial charge in [-0.05, 0) is 49.0 Å². The molecule has 4 rings (SSSR count).